The van der Waals surface area contributed by atoms with Gasteiger partial charge in [0, 0.05) is 0 Å². The second kappa shape index (κ2) is 18.9. The predicted molar refractivity (Wildman–Crippen MR) is 157 cm³/mol. The van der Waals surface area contributed by atoms with Crippen molar-refractivity contribution in [3.05, 3.63) is 0 Å². The molecule has 7 nitrogen and oxygen atoms in total. The zero-order chi connectivity index (χ0) is 21.7. The summed E-state index contributed by atoms with van der Waals surface area (Å²) in [6.45, 7) is 18.8. The van der Waals surface area contributed by atoms with Gasteiger partial charge in [-0.3, -0.25) is 9.59 Å². The molecule has 208 valence electrons. The summed E-state index contributed by atoms with van der Waals surface area (Å²) in [6, 6.07) is 0.631. The first kappa shape index (κ1) is 49.7. The summed E-state index contributed by atoms with van der Waals surface area (Å²) in [4.78, 5) is 22.2. The molecule has 2 atom stereocenters. The molecule has 0 fully saturated rings. The van der Waals surface area contributed by atoms with Crippen molar-refractivity contribution in [1.82, 2.24) is 0 Å². The van der Waals surface area contributed by atoms with E-state index in [4.69, 9.17) is 17.5 Å². The molecule has 0 aliphatic rings. The number of carboxylic acid groups (broad SMARTS) is 2. The van der Waals surface area contributed by atoms with E-state index in [2.05, 4.69) is 39.3 Å². The lowest BCUT2D eigenvalue weighted by Gasteiger charge is -2.41. The van der Waals surface area contributed by atoms with Crippen LogP contribution in [0.5, 0.6) is 0 Å². The lowest BCUT2D eigenvalue weighted by molar-refractivity contribution is -0.148. The van der Waals surface area contributed by atoms with Crippen LogP contribution in [0.1, 0.15) is 63.8 Å². The normalized spacial score (nSPS) is 13.6. The van der Waals surface area contributed by atoms with Gasteiger partial charge in [0.05, 0.1) is 12.3 Å². The van der Waals surface area contributed by atoms with E-state index in [1.807, 2.05) is 19.6 Å². The molecule has 0 aliphatic carbocycles. The van der Waals surface area contributed by atoms with Crippen LogP contribution in [0.15, 0.2) is 0 Å². The average molecular weight is 551 g/mol. The number of aliphatic carboxylic acids is 2. The highest BCUT2D eigenvalue weighted by atomic mass is 28.5. The van der Waals surface area contributed by atoms with Gasteiger partial charge < -0.3 is 22.6 Å². The molecule has 0 aliphatic heterocycles. The molecular formula is C22H62O7Si4. The highest BCUT2D eigenvalue weighted by Gasteiger charge is 2.44. The standard InChI is InChI=1S/C16H38O7Si4.6CH4/c1-24(2,3)21-26(7,8)23-27(9,22-25(4,5)6)12-10-11-14(16(19)20)13-15(17)18;;;;;;/h14H,10-13H2,1-9H3,(H,17,18)(H,19,20);6*1H4. The fourth-order valence-corrected chi connectivity index (χ4v) is 21.2. The Labute approximate surface area is 212 Å². The lowest BCUT2D eigenvalue weighted by Crippen LogP contribution is -2.56. The van der Waals surface area contributed by atoms with E-state index < -0.39 is 51.6 Å². The molecule has 0 radical (unpaired) electrons. The maximum atomic E-state index is 11.3. The maximum absolute atomic E-state index is 11.3. The van der Waals surface area contributed by atoms with Crippen molar-refractivity contribution < 1.29 is 32.1 Å². The van der Waals surface area contributed by atoms with E-state index in [0.717, 1.165) is 0 Å². The third-order valence-electron chi connectivity index (χ3n) is 3.49. The molecule has 0 aromatic rings. The SMILES string of the molecule is C.C.C.C.C.C.C[Si](C)(C)O[Si](C)(C)O[Si](C)(CCCC(CC(=O)O)C(=O)O)O[Si](C)(C)C. The van der Waals surface area contributed by atoms with Crippen molar-refractivity contribution in [2.45, 2.75) is 129 Å². The van der Waals surface area contributed by atoms with Crippen LogP contribution in [0.25, 0.3) is 0 Å². The summed E-state index contributed by atoms with van der Waals surface area (Å²) in [5.41, 5.74) is 0. The minimum Gasteiger partial charge on any atom is -0.481 e. The van der Waals surface area contributed by atoms with E-state index in [-0.39, 0.29) is 51.0 Å². The van der Waals surface area contributed by atoms with Gasteiger partial charge in [-0.15, -0.1) is 0 Å². The van der Waals surface area contributed by atoms with Crippen molar-refractivity contribution >= 4 is 45.7 Å². The van der Waals surface area contributed by atoms with Crippen molar-refractivity contribution in [1.29, 1.82) is 0 Å². The largest absolute Gasteiger partial charge is 0.481 e. The van der Waals surface area contributed by atoms with Gasteiger partial charge in [0.2, 0.25) is 0 Å². The van der Waals surface area contributed by atoms with E-state index in [0.29, 0.717) is 18.9 Å². The van der Waals surface area contributed by atoms with Crippen LogP contribution in [-0.2, 0) is 21.9 Å². The molecule has 2 N–H and O–H groups in total. The second-order valence-corrected chi connectivity index (χ2v) is 26.1. The monoisotopic (exact) mass is 550 g/mol. The fourth-order valence-electron chi connectivity index (χ4n) is 3.24. The number of hydrogen-bond acceptors (Lipinski definition) is 5. The first-order valence-electron chi connectivity index (χ1n) is 9.39. The minimum atomic E-state index is -2.58. The Morgan fingerprint density at radius 3 is 1.39 bits per heavy atom. The van der Waals surface area contributed by atoms with Gasteiger partial charge in [0.1, 0.15) is 0 Å². The van der Waals surface area contributed by atoms with E-state index in [9.17, 15) is 14.7 Å². The summed E-state index contributed by atoms with van der Waals surface area (Å²) in [5, 5.41) is 18.1. The Morgan fingerprint density at radius 2 is 1.09 bits per heavy atom. The van der Waals surface area contributed by atoms with Gasteiger partial charge in [-0.2, -0.15) is 0 Å². The van der Waals surface area contributed by atoms with Gasteiger partial charge in [0.25, 0.3) is 0 Å². The lowest BCUT2D eigenvalue weighted by atomic mass is 10.0. The van der Waals surface area contributed by atoms with Gasteiger partial charge in [-0.1, -0.05) is 51.0 Å². The van der Waals surface area contributed by atoms with Gasteiger partial charge in [-0.25, -0.2) is 0 Å². The Morgan fingerprint density at radius 1 is 0.697 bits per heavy atom. The van der Waals surface area contributed by atoms with Gasteiger partial charge in [0.15, 0.2) is 16.6 Å². The van der Waals surface area contributed by atoms with Crippen LogP contribution in [0.3, 0.4) is 0 Å². The van der Waals surface area contributed by atoms with Gasteiger partial charge >= 0.3 is 29.1 Å². The summed E-state index contributed by atoms with van der Waals surface area (Å²) in [5.74, 6) is -3.03. The highest BCUT2D eigenvalue weighted by molar-refractivity contribution is 6.89. The molecule has 0 saturated carbocycles. The minimum absolute atomic E-state index is 0. The molecule has 11 heteroatoms. The predicted octanol–water partition coefficient (Wildman–Crippen LogP) is 8.25. The topological polar surface area (TPSA) is 102 Å². The molecule has 0 aromatic heterocycles. The van der Waals surface area contributed by atoms with Crippen LogP contribution < -0.4 is 0 Å². The zero-order valence-corrected chi connectivity index (χ0v) is 22.3. The van der Waals surface area contributed by atoms with Crippen molar-refractivity contribution in [3.8, 4) is 0 Å². The Bertz CT molecular complexity index is 518. The summed E-state index contributed by atoms with van der Waals surface area (Å²) >= 11 is 0. The van der Waals surface area contributed by atoms with Crippen LogP contribution in [0.4, 0.5) is 0 Å². The molecule has 0 heterocycles. The smallest absolute Gasteiger partial charge is 0.315 e. The maximum Gasteiger partial charge on any atom is 0.315 e. The number of hydrogen-bond donors (Lipinski definition) is 2. The molecule has 0 amide bonds. The molecule has 2 unspecified atom stereocenters. The first-order chi connectivity index (χ1) is 11.8. The summed E-state index contributed by atoms with van der Waals surface area (Å²) < 4.78 is 19.3. The fraction of sp³-hybridized carbons (Fsp3) is 0.909. The zero-order valence-electron chi connectivity index (χ0n) is 18.3. The molecule has 0 saturated heterocycles. The number of carbonyl (C=O) groups is 2. The van der Waals surface area contributed by atoms with Crippen molar-refractivity contribution in [2.24, 2.45) is 5.92 Å². The van der Waals surface area contributed by atoms with Crippen molar-refractivity contribution in [2.75, 3.05) is 0 Å². The third kappa shape index (κ3) is 26.1. The molecule has 33 heavy (non-hydrogen) atoms. The molecular weight excluding hydrogens is 489 g/mol. The average Bonchev–Trinajstić information content (AvgIpc) is 2.29. The second-order valence-electron chi connectivity index (χ2n) is 9.59. The van der Waals surface area contributed by atoms with Crippen LogP contribution in [0, 0.1) is 5.92 Å². The van der Waals surface area contributed by atoms with Crippen LogP contribution >= 0.6 is 0 Å². The third-order valence-corrected chi connectivity index (χ3v) is 17.0. The number of rotatable bonds is 13. The van der Waals surface area contributed by atoms with Gasteiger partial charge in [-0.05, 0) is 71.4 Å². The quantitative estimate of drug-likeness (QED) is 0.222. The molecule has 0 rings (SSSR count). The Balaban J connectivity index is -0.000000225. The first-order valence-corrected chi connectivity index (χ1v) is 21.5. The summed E-state index contributed by atoms with van der Waals surface area (Å²) in [6.07, 6.45) is 0.511. The van der Waals surface area contributed by atoms with Crippen LogP contribution in [-0.4, -0.2) is 55.9 Å². The molecule has 0 spiro atoms. The highest BCUT2D eigenvalue weighted by Crippen LogP contribution is 2.29. The van der Waals surface area contributed by atoms with E-state index in [1.165, 1.54) is 0 Å². The Kier molecular flexibility index (Phi) is 28.6. The van der Waals surface area contributed by atoms with Crippen molar-refractivity contribution in [3.63, 3.8) is 0 Å². The van der Waals surface area contributed by atoms with E-state index in [1.54, 1.807) is 0 Å². The van der Waals surface area contributed by atoms with Crippen LogP contribution in [0.2, 0.25) is 65.0 Å². The van der Waals surface area contributed by atoms with E-state index >= 15 is 0 Å². The Hall–Kier alpha value is -0.312. The number of carboxylic acids is 2. The summed E-state index contributed by atoms with van der Waals surface area (Å²) in [7, 11) is -8.60. The molecule has 0 aromatic carbocycles. The molecule has 0 bridgehead atoms.